The van der Waals surface area contributed by atoms with E-state index in [0.717, 1.165) is 0 Å². The Morgan fingerprint density at radius 3 is 2.44 bits per heavy atom. The van der Waals surface area contributed by atoms with Crippen LogP contribution in [0.5, 0.6) is 0 Å². The van der Waals surface area contributed by atoms with Gasteiger partial charge in [-0.3, -0.25) is 0 Å². The summed E-state index contributed by atoms with van der Waals surface area (Å²) < 4.78 is 47.1. The number of nitrogens with zero attached hydrogens (tertiary/aromatic N) is 2. The summed E-state index contributed by atoms with van der Waals surface area (Å²) in [6, 6.07) is 1.37. The molecule has 0 atom stereocenters. The first-order chi connectivity index (χ1) is 7.29. The molecule has 1 rings (SSSR count). The zero-order valence-corrected chi connectivity index (χ0v) is 9.61. The van der Waals surface area contributed by atoms with Crippen molar-refractivity contribution in [3.8, 4) is 6.07 Å². The van der Waals surface area contributed by atoms with E-state index in [2.05, 4.69) is 4.98 Å². The summed E-state index contributed by atoms with van der Waals surface area (Å²) in [5.41, 5.74) is -1.63. The van der Waals surface area contributed by atoms with Gasteiger partial charge in [0.15, 0.2) is 0 Å². The predicted molar refractivity (Wildman–Crippen MR) is 52.0 cm³/mol. The summed E-state index contributed by atoms with van der Waals surface area (Å²) in [6.07, 6.45) is -2.55. The highest BCUT2D eigenvalue weighted by atomic mass is 35.7. The van der Waals surface area contributed by atoms with Crippen molar-refractivity contribution in [3.05, 3.63) is 22.5 Å². The van der Waals surface area contributed by atoms with Gasteiger partial charge in [-0.05, 0) is 0 Å². The summed E-state index contributed by atoms with van der Waals surface area (Å²) in [7, 11) is 0.467. The average molecular weight is 287 g/mol. The lowest BCUT2D eigenvalue weighted by Gasteiger charge is -2.07. The second kappa shape index (κ2) is 4.49. The Balaban J connectivity index is 3.77. The fourth-order valence-corrected chi connectivity index (χ4v) is 2.55. The number of halogens is 4. The Morgan fingerprint density at radius 1 is 1.50 bits per heavy atom. The molecule has 0 aliphatic heterocycles. The topological polar surface area (TPSA) is 70.8 Å². The molecule has 1 aromatic heterocycles. The first-order valence-electron chi connectivity index (χ1n) is 3.60. The molecule has 0 fully saturated rings. The Labute approximate surface area is 98.8 Å². The maximum absolute atomic E-state index is 12.5. The minimum absolute atomic E-state index is 0.494. The Hall–Kier alpha value is -0.970. The molecule has 1 aromatic rings. The van der Waals surface area contributed by atoms with Crippen molar-refractivity contribution in [2.45, 2.75) is 11.3 Å². The molecule has 0 amide bonds. The molecular weight excluding hydrogens is 285 g/mol. The smallest absolute Gasteiger partial charge is 0.243 e. The second-order valence-corrected chi connectivity index (χ2v) is 5.42. The van der Waals surface area contributed by atoms with Crippen molar-refractivity contribution in [2.75, 3.05) is 0 Å². The van der Waals surface area contributed by atoms with Gasteiger partial charge in [-0.25, -0.2) is 22.2 Å². The van der Waals surface area contributed by atoms with Crippen LogP contribution in [0.1, 0.15) is 17.6 Å². The standard InChI is InChI=1S/C7H2Cl2F2N2O2S/c8-6-3(1-12)5(16(9,14)15)4(2-13-6)7(10)11/h2,7H. The number of aromatic nitrogens is 1. The number of pyridine rings is 1. The van der Waals surface area contributed by atoms with Crippen molar-refractivity contribution >= 4 is 31.3 Å². The average Bonchev–Trinajstić information content (AvgIpc) is 2.15. The Kier molecular flexibility index (Phi) is 3.68. The molecule has 4 nitrogen and oxygen atoms in total. The molecular formula is C7H2Cl2F2N2O2S. The normalized spacial score (nSPS) is 11.5. The minimum atomic E-state index is -4.50. The minimum Gasteiger partial charge on any atom is -0.243 e. The highest BCUT2D eigenvalue weighted by Gasteiger charge is 2.28. The number of nitriles is 1. The summed E-state index contributed by atoms with van der Waals surface area (Å²) in [4.78, 5) is 2.29. The largest absolute Gasteiger partial charge is 0.266 e. The summed E-state index contributed by atoms with van der Waals surface area (Å²) in [5.74, 6) is 0. The first-order valence-corrected chi connectivity index (χ1v) is 6.29. The van der Waals surface area contributed by atoms with Crippen LogP contribution in [0.25, 0.3) is 0 Å². The van der Waals surface area contributed by atoms with Gasteiger partial charge in [0, 0.05) is 16.9 Å². The van der Waals surface area contributed by atoms with Gasteiger partial charge >= 0.3 is 0 Å². The van der Waals surface area contributed by atoms with Crippen molar-refractivity contribution in [1.29, 1.82) is 5.26 Å². The van der Waals surface area contributed by atoms with Gasteiger partial charge in [0.25, 0.3) is 15.5 Å². The van der Waals surface area contributed by atoms with E-state index in [1.54, 1.807) is 0 Å². The van der Waals surface area contributed by atoms with E-state index < -0.39 is 36.7 Å². The van der Waals surface area contributed by atoms with E-state index in [-0.39, 0.29) is 0 Å². The SMILES string of the molecule is N#Cc1c(Cl)ncc(C(F)F)c1S(=O)(=O)Cl. The fourth-order valence-electron chi connectivity index (χ4n) is 1.00. The van der Waals surface area contributed by atoms with Crippen LogP contribution < -0.4 is 0 Å². The van der Waals surface area contributed by atoms with Crippen LogP contribution in [0, 0.1) is 11.3 Å². The molecule has 0 radical (unpaired) electrons. The van der Waals surface area contributed by atoms with Crippen LogP contribution in [0.4, 0.5) is 8.78 Å². The highest BCUT2D eigenvalue weighted by Crippen LogP contribution is 2.33. The molecule has 0 spiro atoms. The van der Waals surface area contributed by atoms with Crippen LogP contribution in [-0.4, -0.2) is 13.4 Å². The van der Waals surface area contributed by atoms with Gasteiger partial charge in [0.05, 0.1) is 5.56 Å². The third-order valence-electron chi connectivity index (χ3n) is 1.60. The van der Waals surface area contributed by atoms with Crippen LogP contribution >= 0.6 is 22.3 Å². The fraction of sp³-hybridized carbons (Fsp3) is 0.143. The van der Waals surface area contributed by atoms with Gasteiger partial charge in [-0.15, -0.1) is 0 Å². The molecule has 0 unspecified atom stereocenters. The monoisotopic (exact) mass is 286 g/mol. The second-order valence-electron chi connectivity index (χ2n) is 2.56. The lowest BCUT2D eigenvalue weighted by atomic mass is 10.2. The maximum atomic E-state index is 12.5. The molecule has 0 aliphatic carbocycles. The van der Waals surface area contributed by atoms with E-state index in [1.807, 2.05) is 0 Å². The number of hydrogen-bond acceptors (Lipinski definition) is 4. The van der Waals surface area contributed by atoms with Gasteiger partial charge in [0.1, 0.15) is 21.7 Å². The maximum Gasteiger partial charge on any atom is 0.266 e. The quantitative estimate of drug-likeness (QED) is 0.618. The summed E-state index contributed by atoms with van der Waals surface area (Å²) in [5, 5.41) is 8.13. The molecule has 16 heavy (non-hydrogen) atoms. The van der Waals surface area contributed by atoms with Crippen LogP contribution in [0.2, 0.25) is 5.15 Å². The van der Waals surface area contributed by atoms with E-state index >= 15 is 0 Å². The highest BCUT2D eigenvalue weighted by molar-refractivity contribution is 8.13. The van der Waals surface area contributed by atoms with Crippen LogP contribution in [0.15, 0.2) is 11.1 Å². The number of alkyl halides is 2. The molecule has 0 aliphatic rings. The Morgan fingerprint density at radius 2 is 2.06 bits per heavy atom. The van der Waals surface area contributed by atoms with E-state index in [9.17, 15) is 17.2 Å². The zero-order valence-electron chi connectivity index (χ0n) is 7.29. The molecule has 0 aromatic carbocycles. The third-order valence-corrected chi connectivity index (χ3v) is 3.28. The molecule has 0 saturated heterocycles. The van der Waals surface area contributed by atoms with E-state index in [0.29, 0.717) is 6.20 Å². The molecule has 0 N–H and O–H groups in total. The van der Waals surface area contributed by atoms with Gasteiger partial charge in [-0.1, -0.05) is 11.6 Å². The summed E-state index contributed by atoms with van der Waals surface area (Å²) >= 11 is 5.41. The van der Waals surface area contributed by atoms with Crippen LogP contribution in [0.3, 0.4) is 0 Å². The lowest BCUT2D eigenvalue weighted by molar-refractivity contribution is 0.147. The van der Waals surface area contributed by atoms with Crippen molar-refractivity contribution < 1.29 is 17.2 Å². The van der Waals surface area contributed by atoms with Gasteiger partial charge in [-0.2, -0.15) is 5.26 Å². The lowest BCUT2D eigenvalue weighted by Crippen LogP contribution is -2.04. The first kappa shape index (κ1) is 13.1. The number of rotatable bonds is 2. The van der Waals surface area contributed by atoms with Crippen molar-refractivity contribution in [3.63, 3.8) is 0 Å². The van der Waals surface area contributed by atoms with Crippen LogP contribution in [-0.2, 0) is 9.05 Å². The van der Waals surface area contributed by atoms with Crippen molar-refractivity contribution in [2.24, 2.45) is 0 Å². The summed E-state index contributed by atoms with van der Waals surface area (Å²) in [6.45, 7) is 0. The zero-order chi connectivity index (χ0) is 12.5. The molecule has 1 heterocycles. The molecule has 9 heteroatoms. The van der Waals surface area contributed by atoms with E-state index in [4.69, 9.17) is 27.5 Å². The Bertz CT molecular complexity index is 568. The molecule has 0 bridgehead atoms. The van der Waals surface area contributed by atoms with E-state index in [1.165, 1.54) is 6.07 Å². The third kappa shape index (κ3) is 2.40. The predicted octanol–water partition coefficient (Wildman–Crippen LogP) is 2.47. The molecule has 0 saturated carbocycles. The van der Waals surface area contributed by atoms with Gasteiger partial charge < -0.3 is 0 Å². The van der Waals surface area contributed by atoms with Crippen molar-refractivity contribution in [1.82, 2.24) is 4.98 Å². The van der Waals surface area contributed by atoms with Gasteiger partial charge in [0.2, 0.25) is 0 Å². The number of hydrogen-bond donors (Lipinski definition) is 0. The molecule has 86 valence electrons.